The summed E-state index contributed by atoms with van der Waals surface area (Å²) in [5.41, 5.74) is 17.6. The van der Waals surface area contributed by atoms with Gasteiger partial charge in [-0.2, -0.15) is 0 Å². The van der Waals surface area contributed by atoms with Crippen LogP contribution in [0.25, 0.3) is 11.1 Å². The van der Waals surface area contributed by atoms with E-state index in [9.17, 15) is 9.18 Å². The summed E-state index contributed by atoms with van der Waals surface area (Å²) in [6.45, 7) is 2.43. The zero-order valence-electron chi connectivity index (χ0n) is 25.8. The van der Waals surface area contributed by atoms with Gasteiger partial charge in [0, 0.05) is 64.4 Å². The van der Waals surface area contributed by atoms with Crippen LogP contribution in [0, 0.1) is 11.7 Å². The van der Waals surface area contributed by atoms with Crippen LogP contribution in [0.4, 0.5) is 10.1 Å². The van der Waals surface area contributed by atoms with Gasteiger partial charge in [0.15, 0.2) is 0 Å². The van der Waals surface area contributed by atoms with Gasteiger partial charge < -0.3 is 32.3 Å². The van der Waals surface area contributed by atoms with E-state index in [0.717, 1.165) is 93.4 Å². The maximum absolute atomic E-state index is 14.1. The van der Waals surface area contributed by atoms with Crippen molar-refractivity contribution in [1.82, 2.24) is 21.3 Å². The Balaban J connectivity index is 1.16. The maximum atomic E-state index is 14.1. The third-order valence-electron chi connectivity index (χ3n) is 8.95. The molecular weight excluding hydrogens is 577 g/mol. The standard InChI is InChI=1S/C37H38FN7O/c1-22-14-29(44-37(46)23-6-3-2-4-7-23)16-26(19-40-22)24-10-13-32-31(17-24)36(43-21-42-32)34-20-41-35-30(25-8-5-9-27(38)15-25)12-11-28(39)18-33(35)45-34/h5,8-17,19-20,23,40-42,45H,2-4,6-7,18,21,39H2,1H3,(H,44,46). The SMILES string of the molecule is CC1=CC(NC(=O)C2CCCCC2)=CC(c2ccc3c(c2)C(C2=CNC4=C(CC(N)=CC=C4c4cccc(F)c4)N2)=NCN3)=CN1. The van der Waals surface area contributed by atoms with Gasteiger partial charge in [0.2, 0.25) is 5.91 Å². The van der Waals surface area contributed by atoms with E-state index in [1.807, 2.05) is 49.7 Å². The number of carbonyl (C=O) groups excluding carboxylic acids is 1. The summed E-state index contributed by atoms with van der Waals surface area (Å²) < 4.78 is 14.1. The van der Waals surface area contributed by atoms with Gasteiger partial charge in [-0.15, -0.1) is 0 Å². The molecule has 1 amide bonds. The Morgan fingerprint density at radius 1 is 1.00 bits per heavy atom. The number of halogens is 1. The Labute approximate surface area is 268 Å². The second-order valence-corrected chi connectivity index (χ2v) is 12.3. The summed E-state index contributed by atoms with van der Waals surface area (Å²) in [6.07, 6.45) is 17.5. The zero-order valence-corrected chi connectivity index (χ0v) is 25.8. The number of allylic oxidation sites excluding steroid dienone is 8. The minimum Gasteiger partial charge on any atom is -0.402 e. The van der Waals surface area contributed by atoms with Gasteiger partial charge in [0.25, 0.3) is 0 Å². The maximum Gasteiger partial charge on any atom is 0.227 e. The molecule has 0 saturated heterocycles. The molecule has 2 aromatic carbocycles. The highest BCUT2D eigenvalue weighted by atomic mass is 19.1. The number of amides is 1. The highest BCUT2D eigenvalue weighted by molar-refractivity contribution is 6.17. The Kier molecular flexibility index (Phi) is 8.05. The molecular formula is C37H38FN7O. The lowest BCUT2D eigenvalue weighted by Crippen LogP contribution is -2.33. The van der Waals surface area contributed by atoms with Gasteiger partial charge in [-0.05, 0) is 79.0 Å². The summed E-state index contributed by atoms with van der Waals surface area (Å²) in [5, 5.41) is 17.0. The van der Waals surface area contributed by atoms with Gasteiger partial charge in [-0.1, -0.05) is 43.5 Å². The molecule has 3 heterocycles. The van der Waals surface area contributed by atoms with E-state index in [0.29, 0.717) is 18.8 Å². The number of carbonyl (C=O) groups is 1. The molecule has 0 bridgehead atoms. The third kappa shape index (κ3) is 6.13. The van der Waals surface area contributed by atoms with Gasteiger partial charge in [0.1, 0.15) is 12.5 Å². The van der Waals surface area contributed by atoms with Crippen LogP contribution in [0.5, 0.6) is 0 Å². The lowest BCUT2D eigenvalue weighted by molar-refractivity contribution is -0.125. The van der Waals surface area contributed by atoms with Crippen molar-refractivity contribution in [2.24, 2.45) is 16.6 Å². The predicted octanol–water partition coefficient (Wildman–Crippen LogP) is 6.00. The van der Waals surface area contributed by atoms with Crippen LogP contribution in [0.3, 0.4) is 0 Å². The van der Waals surface area contributed by atoms with Crippen LogP contribution in [0.15, 0.2) is 118 Å². The van der Waals surface area contributed by atoms with Crippen molar-refractivity contribution in [3.8, 4) is 0 Å². The van der Waals surface area contributed by atoms with Crippen molar-refractivity contribution in [3.63, 3.8) is 0 Å². The van der Waals surface area contributed by atoms with Crippen LogP contribution in [0.2, 0.25) is 0 Å². The molecule has 2 aliphatic carbocycles. The van der Waals surface area contributed by atoms with E-state index in [-0.39, 0.29) is 17.6 Å². The molecule has 7 rings (SSSR count). The fourth-order valence-electron chi connectivity index (χ4n) is 6.58. The number of fused-ring (bicyclic) bond motifs is 1. The molecule has 0 radical (unpaired) electrons. The number of benzene rings is 2. The fraction of sp³-hybridized carbons (Fsp3) is 0.243. The molecule has 3 aliphatic heterocycles. The molecule has 1 fully saturated rings. The number of anilines is 1. The van der Waals surface area contributed by atoms with Gasteiger partial charge >= 0.3 is 0 Å². The molecule has 0 unspecified atom stereocenters. The zero-order chi connectivity index (χ0) is 31.6. The molecule has 5 aliphatic rings. The third-order valence-corrected chi connectivity index (χ3v) is 8.95. The van der Waals surface area contributed by atoms with E-state index in [1.54, 1.807) is 6.07 Å². The molecule has 2 aromatic rings. The summed E-state index contributed by atoms with van der Waals surface area (Å²) >= 11 is 0. The van der Waals surface area contributed by atoms with E-state index in [2.05, 4.69) is 44.8 Å². The van der Waals surface area contributed by atoms with Crippen molar-refractivity contribution in [2.75, 3.05) is 12.0 Å². The van der Waals surface area contributed by atoms with Crippen molar-refractivity contribution in [3.05, 3.63) is 136 Å². The molecule has 234 valence electrons. The fourth-order valence-corrected chi connectivity index (χ4v) is 6.58. The molecule has 0 atom stereocenters. The average Bonchev–Trinajstić information content (AvgIpc) is 3.36. The van der Waals surface area contributed by atoms with Gasteiger partial charge in [0.05, 0.1) is 17.1 Å². The van der Waals surface area contributed by atoms with Crippen LogP contribution in [-0.2, 0) is 4.79 Å². The van der Waals surface area contributed by atoms with Gasteiger partial charge in [-0.3, -0.25) is 9.79 Å². The van der Waals surface area contributed by atoms with Crippen LogP contribution in [-0.4, -0.2) is 18.3 Å². The van der Waals surface area contributed by atoms with Crippen LogP contribution < -0.4 is 32.3 Å². The minimum absolute atomic E-state index is 0.0702. The van der Waals surface area contributed by atoms with Gasteiger partial charge in [-0.25, -0.2) is 4.39 Å². The molecule has 0 spiro atoms. The summed E-state index contributed by atoms with van der Waals surface area (Å²) in [5.74, 6) is -0.126. The Morgan fingerprint density at radius 3 is 2.72 bits per heavy atom. The lowest BCUT2D eigenvalue weighted by Gasteiger charge is -2.28. The Hall–Kier alpha value is -5.31. The summed E-state index contributed by atoms with van der Waals surface area (Å²) in [6, 6.07) is 12.8. The van der Waals surface area contributed by atoms with E-state index in [1.165, 1.54) is 18.6 Å². The highest BCUT2D eigenvalue weighted by Gasteiger charge is 2.26. The first kappa shape index (κ1) is 29.4. The number of aliphatic imine (C=N–C) groups is 1. The van der Waals surface area contributed by atoms with Crippen LogP contribution in [0.1, 0.15) is 62.1 Å². The second-order valence-electron chi connectivity index (χ2n) is 12.3. The number of nitrogens with zero attached hydrogens (tertiary/aromatic N) is 1. The smallest absolute Gasteiger partial charge is 0.227 e. The molecule has 46 heavy (non-hydrogen) atoms. The summed E-state index contributed by atoms with van der Waals surface area (Å²) in [4.78, 5) is 18.0. The first-order valence-electron chi connectivity index (χ1n) is 15.9. The molecule has 8 nitrogen and oxygen atoms in total. The van der Waals surface area contributed by atoms with Crippen molar-refractivity contribution >= 4 is 28.5 Å². The second kappa shape index (κ2) is 12.6. The first-order valence-corrected chi connectivity index (χ1v) is 15.9. The Morgan fingerprint density at radius 2 is 1.87 bits per heavy atom. The topological polar surface area (TPSA) is 116 Å². The minimum atomic E-state index is -0.295. The number of rotatable bonds is 5. The molecule has 0 aromatic heterocycles. The number of nitrogens with one attached hydrogen (secondary N) is 5. The first-order chi connectivity index (χ1) is 22.4. The number of hydrogen-bond donors (Lipinski definition) is 6. The van der Waals surface area contributed by atoms with Crippen molar-refractivity contribution < 1.29 is 9.18 Å². The van der Waals surface area contributed by atoms with Crippen molar-refractivity contribution in [2.45, 2.75) is 45.4 Å². The van der Waals surface area contributed by atoms with E-state index >= 15 is 0 Å². The monoisotopic (exact) mass is 615 g/mol. The average molecular weight is 616 g/mol. The molecule has 7 N–H and O–H groups in total. The van der Waals surface area contributed by atoms with Crippen molar-refractivity contribution in [1.29, 1.82) is 0 Å². The lowest BCUT2D eigenvalue weighted by atomic mass is 9.88. The predicted molar refractivity (Wildman–Crippen MR) is 182 cm³/mol. The highest BCUT2D eigenvalue weighted by Crippen LogP contribution is 2.33. The quantitative estimate of drug-likeness (QED) is 0.246. The largest absolute Gasteiger partial charge is 0.402 e. The number of nitrogens with two attached hydrogens (primary N) is 1. The molecule has 9 heteroatoms. The van der Waals surface area contributed by atoms with E-state index < -0.39 is 0 Å². The molecule has 1 saturated carbocycles. The normalized spacial score (nSPS) is 19.7. The number of hydrogen-bond acceptors (Lipinski definition) is 7. The van der Waals surface area contributed by atoms with Crippen LogP contribution >= 0.6 is 0 Å². The summed E-state index contributed by atoms with van der Waals surface area (Å²) in [7, 11) is 0. The Bertz CT molecular complexity index is 1850. The van der Waals surface area contributed by atoms with E-state index in [4.69, 9.17) is 10.7 Å².